The number of benzene rings is 1. The van der Waals surface area contributed by atoms with E-state index in [-0.39, 0.29) is 17.4 Å². The van der Waals surface area contributed by atoms with E-state index in [0.29, 0.717) is 28.7 Å². The van der Waals surface area contributed by atoms with E-state index < -0.39 is 0 Å². The van der Waals surface area contributed by atoms with Gasteiger partial charge in [-0.2, -0.15) is 0 Å². The highest BCUT2D eigenvalue weighted by Gasteiger charge is 2.33. The molecule has 0 bridgehead atoms. The van der Waals surface area contributed by atoms with Crippen molar-refractivity contribution in [1.82, 2.24) is 5.32 Å². The number of carbonyl (C=O) groups excluding carboxylic acids is 1. The lowest BCUT2D eigenvalue weighted by Crippen LogP contribution is -2.43. The molecule has 1 saturated carbocycles. The molecule has 2 rings (SSSR count). The Balaban J connectivity index is 2.20. The van der Waals surface area contributed by atoms with E-state index in [1.54, 1.807) is 33.5 Å². The fourth-order valence-electron chi connectivity index (χ4n) is 3.94. The molecular formula is C19H29NO4. The molecule has 134 valence electrons. The van der Waals surface area contributed by atoms with Gasteiger partial charge in [0.2, 0.25) is 5.75 Å². The summed E-state index contributed by atoms with van der Waals surface area (Å²) >= 11 is 0. The lowest BCUT2D eigenvalue weighted by atomic mass is 9.70. The maximum absolute atomic E-state index is 12.7. The molecule has 1 aliphatic rings. The van der Waals surface area contributed by atoms with Gasteiger partial charge in [-0.1, -0.05) is 20.8 Å². The minimum Gasteiger partial charge on any atom is -0.493 e. The zero-order chi connectivity index (χ0) is 17.9. The third kappa shape index (κ3) is 4.13. The second-order valence-electron chi connectivity index (χ2n) is 7.50. The fraction of sp³-hybridized carbons (Fsp3) is 0.632. The topological polar surface area (TPSA) is 56.8 Å². The predicted octanol–water partition coefficient (Wildman–Crippen LogP) is 3.66. The van der Waals surface area contributed by atoms with Crippen LogP contribution in [0, 0.1) is 11.3 Å². The monoisotopic (exact) mass is 335 g/mol. The summed E-state index contributed by atoms with van der Waals surface area (Å²) in [7, 11) is 4.64. The molecule has 0 aromatic heterocycles. The summed E-state index contributed by atoms with van der Waals surface area (Å²) < 4.78 is 16.0. The minimum atomic E-state index is -0.107. The molecular weight excluding hydrogens is 306 g/mol. The van der Waals surface area contributed by atoms with Gasteiger partial charge < -0.3 is 19.5 Å². The van der Waals surface area contributed by atoms with Crippen LogP contribution >= 0.6 is 0 Å². The van der Waals surface area contributed by atoms with Crippen LogP contribution in [0.1, 0.15) is 50.4 Å². The van der Waals surface area contributed by atoms with Gasteiger partial charge in [-0.3, -0.25) is 4.79 Å². The van der Waals surface area contributed by atoms with Gasteiger partial charge in [0.15, 0.2) is 11.5 Å². The number of carbonyl (C=O) groups is 1. The SMILES string of the molecule is COc1cc(C(=O)N[C@H]2C[C@H](C)CC(C)(C)C2)cc(OC)c1OC. The predicted molar refractivity (Wildman–Crippen MR) is 94.1 cm³/mol. The summed E-state index contributed by atoms with van der Waals surface area (Å²) in [5, 5.41) is 3.17. The first-order valence-corrected chi connectivity index (χ1v) is 8.40. The van der Waals surface area contributed by atoms with Gasteiger partial charge in [0, 0.05) is 11.6 Å². The fourth-order valence-corrected chi connectivity index (χ4v) is 3.94. The number of hydrogen-bond acceptors (Lipinski definition) is 4. The average Bonchev–Trinajstić information content (AvgIpc) is 2.51. The van der Waals surface area contributed by atoms with Crippen LogP contribution in [0.2, 0.25) is 0 Å². The van der Waals surface area contributed by atoms with Crippen LogP contribution in [0.4, 0.5) is 0 Å². The zero-order valence-corrected chi connectivity index (χ0v) is 15.6. The Labute approximate surface area is 144 Å². The summed E-state index contributed by atoms with van der Waals surface area (Å²) in [5.41, 5.74) is 0.769. The van der Waals surface area contributed by atoms with Crippen LogP contribution < -0.4 is 19.5 Å². The van der Waals surface area contributed by atoms with Gasteiger partial charge >= 0.3 is 0 Å². The van der Waals surface area contributed by atoms with E-state index in [4.69, 9.17) is 14.2 Å². The molecule has 1 fully saturated rings. The van der Waals surface area contributed by atoms with E-state index >= 15 is 0 Å². The average molecular weight is 335 g/mol. The Morgan fingerprint density at radius 2 is 1.67 bits per heavy atom. The molecule has 2 atom stereocenters. The van der Waals surface area contributed by atoms with Crippen LogP contribution in [0.25, 0.3) is 0 Å². The standard InChI is InChI=1S/C19H29NO4/c1-12-7-14(11-19(2,3)10-12)20-18(21)13-8-15(22-4)17(24-6)16(9-13)23-5/h8-9,12,14H,7,10-11H2,1-6H3,(H,20,21)/t12-,14-/m0/s1. The van der Waals surface area contributed by atoms with E-state index in [1.807, 2.05) is 0 Å². The van der Waals surface area contributed by atoms with Crippen molar-refractivity contribution in [3.63, 3.8) is 0 Å². The van der Waals surface area contributed by atoms with Crippen LogP contribution in [-0.2, 0) is 0 Å². The quantitative estimate of drug-likeness (QED) is 0.892. The van der Waals surface area contributed by atoms with Gasteiger partial charge in [-0.05, 0) is 42.7 Å². The molecule has 1 N–H and O–H groups in total. The van der Waals surface area contributed by atoms with Gasteiger partial charge in [0.05, 0.1) is 21.3 Å². The molecule has 1 amide bonds. The van der Waals surface area contributed by atoms with Crippen molar-refractivity contribution in [1.29, 1.82) is 0 Å². The van der Waals surface area contributed by atoms with Crippen molar-refractivity contribution in [2.75, 3.05) is 21.3 Å². The van der Waals surface area contributed by atoms with E-state index in [0.717, 1.165) is 12.8 Å². The number of hydrogen-bond donors (Lipinski definition) is 1. The maximum atomic E-state index is 12.7. The number of methoxy groups -OCH3 is 3. The number of ether oxygens (including phenoxy) is 3. The van der Waals surface area contributed by atoms with Crippen LogP contribution in [0.3, 0.4) is 0 Å². The summed E-state index contributed by atoms with van der Waals surface area (Å²) in [6.45, 7) is 6.78. The van der Waals surface area contributed by atoms with Crippen molar-refractivity contribution >= 4 is 5.91 Å². The molecule has 24 heavy (non-hydrogen) atoms. The molecule has 5 nitrogen and oxygen atoms in total. The van der Waals surface area contributed by atoms with Crippen LogP contribution in [-0.4, -0.2) is 33.3 Å². The first-order chi connectivity index (χ1) is 11.3. The Bertz CT molecular complexity index is 572. The second-order valence-corrected chi connectivity index (χ2v) is 7.50. The smallest absolute Gasteiger partial charge is 0.251 e. The summed E-state index contributed by atoms with van der Waals surface area (Å²) in [4.78, 5) is 12.7. The maximum Gasteiger partial charge on any atom is 0.251 e. The van der Waals surface area contributed by atoms with Gasteiger partial charge in [-0.25, -0.2) is 0 Å². The normalized spacial score (nSPS) is 22.6. The van der Waals surface area contributed by atoms with E-state index in [9.17, 15) is 4.79 Å². The highest BCUT2D eigenvalue weighted by molar-refractivity contribution is 5.95. The molecule has 1 aromatic rings. The van der Waals surface area contributed by atoms with Gasteiger partial charge in [0.1, 0.15) is 0 Å². The van der Waals surface area contributed by atoms with Crippen molar-refractivity contribution in [3.8, 4) is 17.2 Å². The van der Waals surface area contributed by atoms with Crippen molar-refractivity contribution < 1.29 is 19.0 Å². The van der Waals surface area contributed by atoms with E-state index in [2.05, 4.69) is 26.1 Å². The molecule has 0 saturated heterocycles. The number of amides is 1. The van der Waals surface area contributed by atoms with Crippen molar-refractivity contribution in [2.45, 2.75) is 46.1 Å². The third-order valence-electron chi connectivity index (χ3n) is 4.65. The van der Waals surface area contributed by atoms with Crippen LogP contribution in [0.5, 0.6) is 17.2 Å². The largest absolute Gasteiger partial charge is 0.493 e. The highest BCUT2D eigenvalue weighted by atomic mass is 16.5. The molecule has 0 spiro atoms. The van der Waals surface area contributed by atoms with Crippen LogP contribution in [0.15, 0.2) is 12.1 Å². The molecule has 5 heteroatoms. The van der Waals surface area contributed by atoms with Crippen molar-refractivity contribution in [3.05, 3.63) is 17.7 Å². The van der Waals surface area contributed by atoms with Gasteiger partial charge in [0.25, 0.3) is 5.91 Å². The third-order valence-corrected chi connectivity index (χ3v) is 4.65. The summed E-state index contributed by atoms with van der Waals surface area (Å²) in [5.74, 6) is 1.96. The molecule has 0 heterocycles. The number of nitrogens with one attached hydrogen (secondary N) is 1. The Morgan fingerprint density at radius 3 is 2.12 bits per heavy atom. The first-order valence-electron chi connectivity index (χ1n) is 8.40. The lowest BCUT2D eigenvalue weighted by Gasteiger charge is -2.39. The number of rotatable bonds is 5. The van der Waals surface area contributed by atoms with Crippen molar-refractivity contribution in [2.24, 2.45) is 11.3 Å². The Hall–Kier alpha value is -1.91. The highest BCUT2D eigenvalue weighted by Crippen LogP contribution is 2.40. The first kappa shape index (κ1) is 18.4. The molecule has 0 radical (unpaired) electrons. The lowest BCUT2D eigenvalue weighted by molar-refractivity contribution is 0.0873. The minimum absolute atomic E-state index is 0.107. The Morgan fingerprint density at radius 1 is 1.08 bits per heavy atom. The zero-order valence-electron chi connectivity index (χ0n) is 15.6. The summed E-state index contributed by atoms with van der Waals surface area (Å²) in [6.07, 6.45) is 3.21. The molecule has 1 aliphatic carbocycles. The Kier molecular flexibility index (Phi) is 5.62. The molecule has 0 aliphatic heterocycles. The molecule has 1 aromatic carbocycles. The van der Waals surface area contributed by atoms with Gasteiger partial charge in [-0.15, -0.1) is 0 Å². The molecule has 0 unspecified atom stereocenters. The van der Waals surface area contributed by atoms with E-state index in [1.165, 1.54) is 6.42 Å². The summed E-state index contributed by atoms with van der Waals surface area (Å²) in [6, 6.07) is 3.57. The second kappa shape index (κ2) is 7.32.